The zero-order chi connectivity index (χ0) is 14.8. The highest BCUT2D eigenvalue weighted by molar-refractivity contribution is 5.99. The van der Waals surface area contributed by atoms with Crippen LogP contribution in [-0.4, -0.2) is 42.6 Å². The van der Waals surface area contributed by atoms with Crippen molar-refractivity contribution in [2.45, 2.75) is 12.6 Å². The van der Waals surface area contributed by atoms with E-state index in [1.165, 1.54) is 23.7 Å². The number of anilines is 2. The lowest BCUT2D eigenvalue weighted by Crippen LogP contribution is -2.26. The Bertz CT molecular complexity index is 470. The maximum atomic E-state index is 12.2. The fourth-order valence-electron chi connectivity index (χ4n) is 1.49. The zero-order valence-electron chi connectivity index (χ0n) is 10.8. The Labute approximate surface area is 107 Å². The standard InChI is InChI=1S/C10H15F3N4O2/c1-16(5-4-10(11,12)13)8-6(9(18)19-3)7(14)17(2)15-8/h4-5,14H2,1-3H3. The van der Waals surface area contributed by atoms with Crippen LogP contribution in [0.15, 0.2) is 0 Å². The van der Waals surface area contributed by atoms with Gasteiger partial charge in [0, 0.05) is 20.6 Å². The SMILES string of the molecule is COC(=O)c1c(N(C)CCC(F)(F)F)nn(C)c1N. The highest BCUT2D eigenvalue weighted by atomic mass is 19.4. The van der Waals surface area contributed by atoms with E-state index in [2.05, 4.69) is 9.84 Å². The van der Waals surface area contributed by atoms with Gasteiger partial charge in [0.15, 0.2) is 5.82 Å². The van der Waals surface area contributed by atoms with Crippen LogP contribution < -0.4 is 10.6 Å². The zero-order valence-corrected chi connectivity index (χ0v) is 10.8. The number of hydrogen-bond acceptors (Lipinski definition) is 5. The minimum absolute atomic E-state index is 0.0327. The molecule has 9 heteroatoms. The van der Waals surface area contributed by atoms with Gasteiger partial charge in [-0.1, -0.05) is 0 Å². The number of methoxy groups -OCH3 is 1. The summed E-state index contributed by atoms with van der Waals surface area (Å²) in [4.78, 5) is 12.8. The number of nitrogens with two attached hydrogens (primary N) is 1. The number of nitrogens with zero attached hydrogens (tertiary/aromatic N) is 3. The van der Waals surface area contributed by atoms with E-state index in [1.54, 1.807) is 0 Å². The van der Waals surface area contributed by atoms with Crippen molar-refractivity contribution >= 4 is 17.6 Å². The predicted octanol–water partition coefficient (Wildman–Crippen LogP) is 1.18. The molecule has 2 N–H and O–H groups in total. The molecule has 0 saturated heterocycles. The highest BCUT2D eigenvalue weighted by Crippen LogP contribution is 2.26. The van der Waals surface area contributed by atoms with Crippen LogP contribution in [0.2, 0.25) is 0 Å². The van der Waals surface area contributed by atoms with Crippen molar-refractivity contribution < 1.29 is 22.7 Å². The summed E-state index contributed by atoms with van der Waals surface area (Å²) in [6.07, 6.45) is -5.29. The summed E-state index contributed by atoms with van der Waals surface area (Å²) in [6, 6.07) is 0. The van der Waals surface area contributed by atoms with Crippen molar-refractivity contribution in [1.29, 1.82) is 0 Å². The van der Waals surface area contributed by atoms with E-state index in [1.807, 2.05) is 0 Å². The number of aromatic nitrogens is 2. The smallest absolute Gasteiger partial charge is 0.390 e. The second-order valence-corrected chi connectivity index (χ2v) is 3.99. The summed E-state index contributed by atoms with van der Waals surface area (Å²) < 4.78 is 42.3. The second-order valence-electron chi connectivity index (χ2n) is 3.99. The monoisotopic (exact) mass is 280 g/mol. The van der Waals surface area contributed by atoms with Crippen molar-refractivity contribution in [3.8, 4) is 0 Å². The first-order chi connectivity index (χ1) is 8.67. The fraction of sp³-hybridized carbons (Fsp3) is 0.600. The number of hydrogen-bond donors (Lipinski definition) is 1. The summed E-state index contributed by atoms with van der Waals surface area (Å²) in [7, 11) is 4.05. The fourth-order valence-corrected chi connectivity index (χ4v) is 1.49. The molecule has 0 radical (unpaired) electrons. The Morgan fingerprint density at radius 1 is 1.53 bits per heavy atom. The first-order valence-electron chi connectivity index (χ1n) is 5.36. The second kappa shape index (κ2) is 5.37. The molecule has 1 rings (SSSR count). The van der Waals surface area contributed by atoms with Crippen LogP contribution in [0.5, 0.6) is 0 Å². The Balaban J connectivity index is 3.00. The average Bonchev–Trinajstić information content (AvgIpc) is 2.61. The quantitative estimate of drug-likeness (QED) is 0.838. The summed E-state index contributed by atoms with van der Waals surface area (Å²) in [6.45, 7) is -0.329. The molecule has 19 heavy (non-hydrogen) atoms. The molecule has 0 spiro atoms. The first-order valence-corrected chi connectivity index (χ1v) is 5.36. The number of halogens is 3. The Hall–Kier alpha value is -1.93. The summed E-state index contributed by atoms with van der Waals surface area (Å²) >= 11 is 0. The first kappa shape index (κ1) is 15.1. The predicted molar refractivity (Wildman–Crippen MR) is 62.9 cm³/mol. The van der Waals surface area contributed by atoms with Crippen molar-refractivity contribution in [3.05, 3.63) is 5.56 Å². The third-order valence-electron chi connectivity index (χ3n) is 2.55. The minimum atomic E-state index is -4.28. The van der Waals surface area contributed by atoms with Crippen LogP contribution in [0.3, 0.4) is 0 Å². The van der Waals surface area contributed by atoms with Crippen LogP contribution >= 0.6 is 0 Å². The number of nitrogen functional groups attached to an aromatic ring is 1. The van der Waals surface area contributed by atoms with E-state index in [0.717, 1.165) is 7.11 Å². The van der Waals surface area contributed by atoms with Gasteiger partial charge in [-0.15, -0.1) is 0 Å². The van der Waals surface area contributed by atoms with Crippen LogP contribution in [0.25, 0.3) is 0 Å². The number of alkyl halides is 3. The molecule has 0 amide bonds. The van der Waals surface area contributed by atoms with E-state index in [-0.39, 0.29) is 23.7 Å². The van der Waals surface area contributed by atoms with Gasteiger partial charge < -0.3 is 15.4 Å². The number of aryl methyl sites for hydroxylation is 1. The van der Waals surface area contributed by atoms with Crippen molar-refractivity contribution in [3.63, 3.8) is 0 Å². The van der Waals surface area contributed by atoms with E-state index in [0.29, 0.717) is 0 Å². The van der Waals surface area contributed by atoms with E-state index >= 15 is 0 Å². The lowest BCUT2D eigenvalue weighted by atomic mass is 10.2. The molecule has 108 valence electrons. The van der Waals surface area contributed by atoms with Gasteiger partial charge in [0.2, 0.25) is 0 Å². The number of ether oxygens (including phenoxy) is 1. The maximum absolute atomic E-state index is 12.2. The van der Waals surface area contributed by atoms with Gasteiger partial charge >= 0.3 is 12.1 Å². The number of carbonyl (C=O) groups excluding carboxylic acids is 1. The van der Waals surface area contributed by atoms with Crippen LogP contribution in [0.4, 0.5) is 24.8 Å². The minimum Gasteiger partial charge on any atom is -0.465 e. The third-order valence-corrected chi connectivity index (χ3v) is 2.55. The summed E-state index contributed by atoms with van der Waals surface area (Å²) in [5, 5.41) is 3.93. The van der Waals surface area contributed by atoms with E-state index < -0.39 is 18.6 Å². The van der Waals surface area contributed by atoms with E-state index in [4.69, 9.17) is 5.73 Å². The molecule has 0 bridgehead atoms. The topological polar surface area (TPSA) is 73.4 Å². The molecular formula is C10H15F3N4O2. The van der Waals surface area contributed by atoms with Gasteiger partial charge in [0.1, 0.15) is 11.4 Å². The van der Waals surface area contributed by atoms with Gasteiger partial charge in [-0.2, -0.15) is 18.3 Å². The summed E-state index contributed by atoms with van der Waals surface area (Å²) in [5.41, 5.74) is 5.62. The van der Waals surface area contributed by atoms with Crippen molar-refractivity contribution in [1.82, 2.24) is 9.78 Å². The van der Waals surface area contributed by atoms with Crippen molar-refractivity contribution in [2.24, 2.45) is 7.05 Å². The maximum Gasteiger partial charge on any atom is 0.390 e. The van der Waals surface area contributed by atoms with Gasteiger partial charge in [-0.3, -0.25) is 4.68 Å². The van der Waals surface area contributed by atoms with Crippen LogP contribution in [-0.2, 0) is 11.8 Å². The molecule has 0 atom stereocenters. The van der Waals surface area contributed by atoms with Crippen molar-refractivity contribution in [2.75, 3.05) is 31.3 Å². The van der Waals surface area contributed by atoms with Gasteiger partial charge in [-0.25, -0.2) is 4.79 Å². The third kappa shape index (κ3) is 3.52. The Morgan fingerprint density at radius 3 is 2.58 bits per heavy atom. The molecule has 1 aromatic rings. The molecule has 0 saturated carbocycles. The highest BCUT2D eigenvalue weighted by Gasteiger charge is 2.30. The molecule has 1 heterocycles. The normalized spacial score (nSPS) is 11.5. The molecule has 0 unspecified atom stereocenters. The average molecular weight is 280 g/mol. The molecule has 6 nitrogen and oxygen atoms in total. The van der Waals surface area contributed by atoms with Crippen LogP contribution in [0, 0.1) is 0 Å². The molecule has 1 aromatic heterocycles. The summed E-state index contributed by atoms with van der Waals surface area (Å²) in [5.74, 6) is -0.628. The molecule has 0 aromatic carbocycles. The number of esters is 1. The molecule has 0 aliphatic carbocycles. The molecule has 0 aliphatic heterocycles. The van der Waals surface area contributed by atoms with E-state index in [9.17, 15) is 18.0 Å². The number of rotatable bonds is 4. The lowest BCUT2D eigenvalue weighted by Gasteiger charge is -2.18. The largest absolute Gasteiger partial charge is 0.465 e. The lowest BCUT2D eigenvalue weighted by molar-refractivity contribution is -0.132. The van der Waals surface area contributed by atoms with Gasteiger partial charge in [0.05, 0.1) is 13.5 Å². The molecule has 0 fully saturated rings. The molecular weight excluding hydrogens is 265 g/mol. The van der Waals surface area contributed by atoms with Gasteiger partial charge in [-0.05, 0) is 0 Å². The molecule has 0 aliphatic rings. The van der Waals surface area contributed by atoms with Crippen LogP contribution in [0.1, 0.15) is 16.8 Å². The number of carbonyl (C=O) groups is 1. The van der Waals surface area contributed by atoms with Gasteiger partial charge in [0.25, 0.3) is 0 Å². The Kier molecular flexibility index (Phi) is 4.28. The Morgan fingerprint density at radius 2 is 2.11 bits per heavy atom.